The second-order valence-corrected chi connectivity index (χ2v) is 14.1. The number of hydrogen-bond donors (Lipinski definition) is 1. The monoisotopic (exact) mass is 728 g/mol. The molecule has 0 bridgehead atoms. The molecule has 1 amide bonds. The molecule has 1 aliphatic heterocycles. The van der Waals surface area contributed by atoms with E-state index in [1.807, 2.05) is 72.8 Å². The van der Waals surface area contributed by atoms with E-state index in [2.05, 4.69) is 38.6 Å². The van der Waals surface area contributed by atoms with Gasteiger partial charge in [-0.3, -0.25) is 10.2 Å². The standard InChI is InChI=1S/C40H53BrN6O2/c1-2-3-4-5-6-7-8-9-10-11-12-13-14-15-16-20-30-49-34-28-26-33(27-29-34)42-39-38(47-36-25-21-24-35(41)37(36)43-45-47)40(48)46(44-39)31-32-22-18-17-19-23-32/h17-19,21-29,38H,2-16,20,30-31H2,1H3,(H,42,44). The van der Waals surface area contributed by atoms with Gasteiger partial charge in [0.1, 0.15) is 11.3 Å². The SMILES string of the molecule is CCCCCCCCCCCCCCCCCCOc1ccc(N=C2NN(Cc3ccccc3)C(=O)C2n2nnc3c(Br)cccc32)cc1. The van der Waals surface area contributed by atoms with E-state index in [1.165, 1.54) is 96.3 Å². The number of hydrazine groups is 1. The van der Waals surface area contributed by atoms with Crippen LogP contribution in [0.15, 0.2) is 82.3 Å². The van der Waals surface area contributed by atoms with Crippen LogP contribution in [-0.4, -0.2) is 38.4 Å². The van der Waals surface area contributed by atoms with Crippen molar-refractivity contribution in [2.24, 2.45) is 4.99 Å². The highest BCUT2D eigenvalue weighted by Gasteiger charge is 2.40. The van der Waals surface area contributed by atoms with Crippen LogP contribution in [0.1, 0.15) is 121 Å². The Hall–Kier alpha value is -3.72. The number of nitrogens with one attached hydrogen (secondary N) is 1. The minimum absolute atomic E-state index is 0.145. The maximum absolute atomic E-state index is 13.8. The second-order valence-electron chi connectivity index (χ2n) is 13.2. The van der Waals surface area contributed by atoms with E-state index in [0.717, 1.165) is 33.4 Å². The van der Waals surface area contributed by atoms with Crippen LogP contribution in [0.5, 0.6) is 5.75 Å². The maximum Gasteiger partial charge on any atom is 0.274 e. The minimum Gasteiger partial charge on any atom is -0.494 e. The lowest BCUT2D eigenvalue weighted by Gasteiger charge is -2.15. The summed E-state index contributed by atoms with van der Waals surface area (Å²) in [6.45, 7) is 3.40. The molecule has 1 aliphatic rings. The third-order valence-electron chi connectivity index (χ3n) is 9.24. The van der Waals surface area contributed by atoms with Gasteiger partial charge in [-0.15, -0.1) is 5.10 Å². The van der Waals surface area contributed by atoms with Gasteiger partial charge in [-0.2, -0.15) is 0 Å². The summed E-state index contributed by atoms with van der Waals surface area (Å²) in [5.41, 5.74) is 6.45. The molecule has 9 heteroatoms. The summed E-state index contributed by atoms with van der Waals surface area (Å²) in [4.78, 5) is 18.7. The van der Waals surface area contributed by atoms with Gasteiger partial charge in [0.2, 0.25) is 0 Å². The van der Waals surface area contributed by atoms with Gasteiger partial charge in [-0.1, -0.05) is 145 Å². The molecule has 5 rings (SSSR count). The summed E-state index contributed by atoms with van der Waals surface area (Å²) >= 11 is 3.55. The highest BCUT2D eigenvalue weighted by molar-refractivity contribution is 9.10. The van der Waals surface area contributed by atoms with E-state index in [4.69, 9.17) is 9.73 Å². The summed E-state index contributed by atoms with van der Waals surface area (Å²) in [6.07, 6.45) is 21.7. The van der Waals surface area contributed by atoms with Crippen LogP contribution in [0, 0.1) is 0 Å². The Bertz CT molecular complexity index is 1590. The van der Waals surface area contributed by atoms with Gasteiger partial charge >= 0.3 is 0 Å². The molecule has 0 aliphatic carbocycles. The molecule has 49 heavy (non-hydrogen) atoms. The number of benzene rings is 3. The van der Waals surface area contributed by atoms with Gasteiger partial charge in [0.25, 0.3) is 5.91 Å². The van der Waals surface area contributed by atoms with Gasteiger partial charge < -0.3 is 4.74 Å². The van der Waals surface area contributed by atoms with Gasteiger partial charge in [0, 0.05) is 4.47 Å². The van der Waals surface area contributed by atoms with Crippen molar-refractivity contribution < 1.29 is 9.53 Å². The number of nitrogens with zero attached hydrogens (tertiary/aromatic N) is 5. The lowest BCUT2D eigenvalue weighted by atomic mass is 10.0. The van der Waals surface area contributed by atoms with E-state index < -0.39 is 6.04 Å². The zero-order valence-electron chi connectivity index (χ0n) is 29.2. The van der Waals surface area contributed by atoms with Crippen LogP contribution >= 0.6 is 15.9 Å². The third-order valence-corrected chi connectivity index (χ3v) is 9.88. The van der Waals surface area contributed by atoms with Crippen molar-refractivity contribution >= 4 is 44.4 Å². The number of aromatic nitrogens is 3. The number of fused-ring (bicyclic) bond motifs is 1. The summed E-state index contributed by atoms with van der Waals surface area (Å²) in [5, 5.41) is 10.3. The maximum atomic E-state index is 13.8. The van der Waals surface area contributed by atoms with E-state index in [9.17, 15) is 4.79 Å². The first kappa shape index (κ1) is 36.6. The molecular formula is C40H53BrN6O2. The van der Waals surface area contributed by atoms with E-state index >= 15 is 0 Å². The molecule has 1 atom stereocenters. The molecule has 1 aromatic heterocycles. The van der Waals surface area contributed by atoms with Crippen molar-refractivity contribution in [2.45, 2.75) is 122 Å². The molecule has 3 aromatic carbocycles. The number of aliphatic imine (C=N–C) groups is 1. The molecule has 1 N–H and O–H groups in total. The van der Waals surface area contributed by atoms with E-state index in [-0.39, 0.29) is 5.91 Å². The fourth-order valence-electron chi connectivity index (χ4n) is 6.42. The minimum atomic E-state index is -0.770. The predicted molar refractivity (Wildman–Crippen MR) is 203 cm³/mol. The van der Waals surface area contributed by atoms with Crippen LogP contribution in [0.3, 0.4) is 0 Å². The van der Waals surface area contributed by atoms with Gasteiger partial charge in [-0.25, -0.2) is 14.7 Å². The zero-order chi connectivity index (χ0) is 34.1. The highest BCUT2D eigenvalue weighted by atomic mass is 79.9. The average Bonchev–Trinajstić information content (AvgIpc) is 3.67. The number of halogens is 1. The van der Waals surface area contributed by atoms with Gasteiger partial charge in [0.05, 0.1) is 24.4 Å². The normalized spacial score (nSPS) is 15.4. The van der Waals surface area contributed by atoms with Crippen LogP contribution in [0.25, 0.3) is 11.0 Å². The Balaban J connectivity index is 1.05. The molecule has 262 valence electrons. The first-order chi connectivity index (χ1) is 24.1. The molecule has 0 spiro atoms. The Kier molecular flexibility index (Phi) is 15.0. The second kappa shape index (κ2) is 20.1. The summed E-state index contributed by atoms with van der Waals surface area (Å²) < 4.78 is 8.51. The fraction of sp³-hybridized carbons (Fsp3) is 0.500. The van der Waals surface area contributed by atoms with Crippen molar-refractivity contribution in [1.29, 1.82) is 0 Å². The first-order valence-corrected chi connectivity index (χ1v) is 19.4. The lowest BCUT2D eigenvalue weighted by molar-refractivity contribution is -0.132. The number of carbonyl (C=O) groups excluding carboxylic acids is 1. The average molecular weight is 730 g/mol. The zero-order valence-corrected chi connectivity index (χ0v) is 30.8. The Labute approximate surface area is 300 Å². The predicted octanol–water partition coefficient (Wildman–Crippen LogP) is 10.7. The molecule has 0 radical (unpaired) electrons. The molecule has 1 saturated heterocycles. The number of carbonyl (C=O) groups is 1. The van der Waals surface area contributed by atoms with Crippen LogP contribution in [-0.2, 0) is 11.3 Å². The largest absolute Gasteiger partial charge is 0.494 e. The number of unbranched alkanes of at least 4 members (excludes halogenated alkanes) is 15. The number of rotatable bonds is 22. The van der Waals surface area contributed by atoms with Gasteiger partial charge in [0.15, 0.2) is 11.9 Å². The number of amidine groups is 1. The number of ether oxygens (including phenoxy) is 1. The van der Waals surface area contributed by atoms with Crippen molar-refractivity contribution in [3.05, 3.63) is 82.8 Å². The van der Waals surface area contributed by atoms with Gasteiger partial charge in [-0.05, 0) is 64.3 Å². The van der Waals surface area contributed by atoms with Crippen molar-refractivity contribution in [2.75, 3.05) is 6.61 Å². The van der Waals surface area contributed by atoms with Crippen LogP contribution in [0.2, 0.25) is 0 Å². The van der Waals surface area contributed by atoms with E-state index in [0.29, 0.717) is 24.5 Å². The Morgan fingerprint density at radius 2 is 1.37 bits per heavy atom. The molecule has 8 nitrogen and oxygen atoms in total. The molecule has 1 unspecified atom stereocenters. The molecule has 0 saturated carbocycles. The number of hydrogen-bond acceptors (Lipinski definition) is 5. The number of amides is 1. The summed E-state index contributed by atoms with van der Waals surface area (Å²) in [6, 6.07) is 22.6. The highest BCUT2D eigenvalue weighted by Crippen LogP contribution is 2.29. The molecule has 4 aromatic rings. The van der Waals surface area contributed by atoms with Crippen molar-refractivity contribution in [3.63, 3.8) is 0 Å². The lowest BCUT2D eigenvalue weighted by Crippen LogP contribution is -2.35. The van der Waals surface area contributed by atoms with Crippen LogP contribution in [0.4, 0.5) is 5.69 Å². The summed E-state index contributed by atoms with van der Waals surface area (Å²) in [7, 11) is 0. The third kappa shape index (κ3) is 11.1. The topological polar surface area (TPSA) is 84.6 Å². The Morgan fingerprint density at radius 1 is 0.755 bits per heavy atom. The quantitative estimate of drug-likeness (QED) is 0.0814. The van der Waals surface area contributed by atoms with Crippen molar-refractivity contribution in [3.8, 4) is 5.75 Å². The molecule has 1 fully saturated rings. The summed E-state index contributed by atoms with van der Waals surface area (Å²) in [5.74, 6) is 1.18. The molecular weight excluding hydrogens is 676 g/mol. The molecule has 2 heterocycles. The first-order valence-electron chi connectivity index (χ1n) is 18.6. The fourth-order valence-corrected chi connectivity index (χ4v) is 6.86. The smallest absolute Gasteiger partial charge is 0.274 e. The van der Waals surface area contributed by atoms with Crippen LogP contribution < -0.4 is 10.2 Å². The Morgan fingerprint density at radius 3 is 2.00 bits per heavy atom. The van der Waals surface area contributed by atoms with Crippen molar-refractivity contribution in [1.82, 2.24) is 25.4 Å². The van der Waals surface area contributed by atoms with E-state index in [1.54, 1.807) is 9.69 Å².